The fourth-order valence-corrected chi connectivity index (χ4v) is 5.79. The van der Waals surface area contributed by atoms with E-state index in [4.69, 9.17) is 4.74 Å². The number of aromatic nitrogens is 4. The minimum atomic E-state index is -1.45. The number of aliphatic carboxylic acids is 1. The predicted molar refractivity (Wildman–Crippen MR) is 154 cm³/mol. The fourth-order valence-electron chi connectivity index (χ4n) is 5.79. The minimum Gasteiger partial charge on any atom is -0.479 e. The van der Waals surface area contributed by atoms with E-state index in [0.717, 1.165) is 19.3 Å². The van der Waals surface area contributed by atoms with Crippen molar-refractivity contribution in [2.45, 2.75) is 95.0 Å². The average Bonchev–Trinajstić information content (AvgIpc) is 3.26. The second-order valence-electron chi connectivity index (χ2n) is 12.7. The molecule has 3 aliphatic rings. The molecule has 5 atom stereocenters. The number of hydrogen-bond donors (Lipinski definition) is 3. The van der Waals surface area contributed by atoms with Crippen LogP contribution >= 0.6 is 0 Å². The summed E-state index contributed by atoms with van der Waals surface area (Å²) in [5.41, 5.74) is -1.69. The number of nitrogens with zero attached hydrogens (tertiary/aromatic N) is 5. The van der Waals surface area contributed by atoms with Gasteiger partial charge in [-0.15, -0.1) is 10.2 Å². The Morgan fingerprint density at radius 3 is 2.61 bits per heavy atom. The third-order valence-corrected chi connectivity index (χ3v) is 8.19. The van der Waals surface area contributed by atoms with Gasteiger partial charge in [0.1, 0.15) is 29.0 Å². The molecule has 3 N–H and O–H groups in total. The number of halogens is 1. The van der Waals surface area contributed by atoms with Crippen molar-refractivity contribution in [2.24, 2.45) is 5.92 Å². The number of alkyl carbamates (subject to hydrolysis) is 1. The first kappa shape index (κ1) is 31.1. The van der Waals surface area contributed by atoms with Gasteiger partial charge in [-0.25, -0.2) is 14.0 Å². The second kappa shape index (κ2) is 12.3. The zero-order valence-corrected chi connectivity index (χ0v) is 25.0. The molecule has 236 valence electrons. The topological polar surface area (TPSA) is 169 Å². The van der Waals surface area contributed by atoms with Crippen LogP contribution in [0, 0.1) is 11.7 Å². The number of allylic oxidation sites excluding steroid dienone is 1. The maximum absolute atomic E-state index is 14.1. The van der Waals surface area contributed by atoms with E-state index in [2.05, 4.69) is 26.0 Å². The van der Waals surface area contributed by atoms with Gasteiger partial charge in [-0.05, 0) is 75.9 Å². The lowest BCUT2D eigenvalue weighted by atomic mass is 10.0. The SMILES string of the molecule is CC(C)(C)OC(=O)N[C@H]1CCCCC/C=C\[C@@H]2C[C@@]2(C(=O)O)NC(=O)[C@@H]2C[C@@H](n3nnc(-c4ccc(F)cc4)n3)CN2C1=O. The van der Waals surface area contributed by atoms with Crippen LogP contribution in [0.25, 0.3) is 11.4 Å². The summed E-state index contributed by atoms with van der Waals surface area (Å²) >= 11 is 0. The number of ether oxygens (including phenoxy) is 1. The summed E-state index contributed by atoms with van der Waals surface area (Å²) in [5.74, 6) is -2.75. The molecular formula is C30H38FN7O6. The summed E-state index contributed by atoms with van der Waals surface area (Å²) in [6.45, 7) is 5.18. The van der Waals surface area contributed by atoms with Gasteiger partial charge in [-0.3, -0.25) is 9.59 Å². The molecule has 0 spiro atoms. The summed E-state index contributed by atoms with van der Waals surface area (Å²) < 4.78 is 18.8. The molecule has 1 aliphatic carbocycles. The highest BCUT2D eigenvalue weighted by atomic mass is 19.1. The lowest BCUT2D eigenvalue weighted by Gasteiger charge is -2.30. The maximum atomic E-state index is 14.1. The van der Waals surface area contributed by atoms with Crippen LogP contribution in [0.4, 0.5) is 9.18 Å². The summed E-state index contributed by atoms with van der Waals surface area (Å²) in [6.07, 6.45) is 6.70. The van der Waals surface area contributed by atoms with Gasteiger partial charge in [0.2, 0.25) is 17.6 Å². The lowest BCUT2D eigenvalue weighted by Crippen LogP contribution is -2.56. The molecule has 3 amide bonds. The standard InChI is InChI=1S/C30H38FN7O6/c1-29(2,3)44-28(43)32-22-10-8-6-4-5-7-9-19-16-30(19,27(41)42)33-25(39)23-15-21(17-37(23)26(22)40)38-35-24(34-36-38)18-11-13-20(31)14-12-18/h7,9,11-14,19,21-23H,4-6,8,10,15-17H2,1-3H3,(H,32,43)(H,33,39)(H,41,42)/b9-7-/t19-,21-,22+,23+,30-/m1/s1. The first-order valence-electron chi connectivity index (χ1n) is 14.9. The Hall–Kier alpha value is -4.36. The molecule has 0 bridgehead atoms. The predicted octanol–water partition coefficient (Wildman–Crippen LogP) is 2.99. The lowest BCUT2D eigenvalue weighted by molar-refractivity contribution is -0.145. The number of fused-ring (bicyclic) bond motifs is 2. The maximum Gasteiger partial charge on any atom is 0.408 e. The van der Waals surface area contributed by atoms with Crippen LogP contribution in [0.2, 0.25) is 0 Å². The van der Waals surface area contributed by atoms with Gasteiger partial charge in [0.05, 0.1) is 6.04 Å². The van der Waals surface area contributed by atoms with Crippen molar-refractivity contribution in [1.82, 2.24) is 35.7 Å². The smallest absolute Gasteiger partial charge is 0.408 e. The van der Waals surface area contributed by atoms with E-state index in [9.17, 15) is 28.7 Å². The van der Waals surface area contributed by atoms with Crippen LogP contribution in [0.15, 0.2) is 36.4 Å². The molecule has 2 fully saturated rings. The molecule has 1 aromatic carbocycles. The zero-order chi connectivity index (χ0) is 31.6. The molecule has 1 saturated carbocycles. The Morgan fingerprint density at radius 2 is 1.91 bits per heavy atom. The number of carboxylic acids is 1. The second-order valence-corrected chi connectivity index (χ2v) is 12.7. The molecule has 5 rings (SSSR count). The number of tetrazole rings is 1. The van der Waals surface area contributed by atoms with Gasteiger partial charge >= 0.3 is 12.1 Å². The van der Waals surface area contributed by atoms with E-state index in [1.807, 2.05) is 12.2 Å². The quantitative estimate of drug-likeness (QED) is 0.440. The molecule has 2 aromatic rings. The minimum absolute atomic E-state index is 0.0199. The van der Waals surface area contributed by atoms with Crippen molar-refractivity contribution in [3.8, 4) is 11.4 Å². The molecule has 0 unspecified atom stereocenters. The van der Waals surface area contributed by atoms with Crippen LogP contribution in [-0.2, 0) is 19.1 Å². The van der Waals surface area contributed by atoms with E-state index >= 15 is 0 Å². The number of amides is 3. The van der Waals surface area contributed by atoms with E-state index in [1.165, 1.54) is 34.0 Å². The summed E-state index contributed by atoms with van der Waals surface area (Å²) in [4.78, 5) is 55.6. The first-order chi connectivity index (χ1) is 20.9. The van der Waals surface area contributed by atoms with Gasteiger partial charge in [0.15, 0.2) is 0 Å². The molecule has 44 heavy (non-hydrogen) atoms. The van der Waals surface area contributed by atoms with E-state index < -0.39 is 59.0 Å². The van der Waals surface area contributed by atoms with Gasteiger partial charge in [0.25, 0.3) is 0 Å². The fraction of sp³-hybridized carbons (Fsp3) is 0.567. The Morgan fingerprint density at radius 1 is 1.16 bits per heavy atom. The average molecular weight is 612 g/mol. The molecule has 1 saturated heterocycles. The van der Waals surface area contributed by atoms with Crippen LogP contribution < -0.4 is 10.6 Å². The molecule has 3 heterocycles. The van der Waals surface area contributed by atoms with Crippen molar-refractivity contribution >= 4 is 23.9 Å². The summed E-state index contributed by atoms with van der Waals surface area (Å²) in [5, 5.41) is 28.1. The van der Waals surface area contributed by atoms with Crippen LogP contribution in [0.3, 0.4) is 0 Å². The monoisotopic (exact) mass is 611 g/mol. The van der Waals surface area contributed by atoms with Gasteiger partial charge in [0, 0.05) is 24.4 Å². The number of carboxylic acid groups (broad SMARTS) is 1. The van der Waals surface area contributed by atoms with Crippen molar-refractivity contribution < 1.29 is 33.4 Å². The van der Waals surface area contributed by atoms with E-state index in [0.29, 0.717) is 18.4 Å². The third kappa shape index (κ3) is 6.89. The van der Waals surface area contributed by atoms with Crippen LogP contribution in [0.1, 0.15) is 71.8 Å². The number of rotatable bonds is 4. The highest BCUT2D eigenvalue weighted by molar-refractivity contribution is 5.96. The number of nitrogens with one attached hydrogen (secondary N) is 2. The number of carbonyl (C=O) groups excluding carboxylic acids is 3. The molecule has 1 aromatic heterocycles. The summed E-state index contributed by atoms with van der Waals surface area (Å²) in [7, 11) is 0. The zero-order valence-electron chi connectivity index (χ0n) is 25.0. The summed E-state index contributed by atoms with van der Waals surface area (Å²) in [6, 6.07) is 3.00. The van der Waals surface area contributed by atoms with E-state index in [1.54, 1.807) is 20.8 Å². The van der Waals surface area contributed by atoms with Crippen molar-refractivity contribution in [3.63, 3.8) is 0 Å². The van der Waals surface area contributed by atoms with Crippen LogP contribution in [0.5, 0.6) is 0 Å². The van der Waals surface area contributed by atoms with E-state index in [-0.39, 0.29) is 31.1 Å². The molecule has 2 aliphatic heterocycles. The highest BCUT2D eigenvalue weighted by Gasteiger charge is 2.61. The highest BCUT2D eigenvalue weighted by Crippen LogP contribution is 2.45. The number of benzene rings is 1. The molecule has 14 heteroatoms. The Balaban J connectivity index is 1.44. The number of hydrogen-bond acceptors (Lipinski definition) is 8. The molecule has 0 radical (unpaired) electrons. The Kier molecular flexibility index (Phi) is 8.71. The largest absolute Gasteiger partial charge is 0.479 e. The van der Waals surface area contributed by atoms with Crippen LogP contribution in [-0.4, -0.2) is 83.9 Å². The van der Waals surface area contributed by atoms with Crippen molar-refractivity contribution in [1.29, 1.82) is 0 Å². The van der Waals surface area contributed by atoms with Crippen molar-refractivity contribution in [3.05, 3.63) is 42.2 Å². The third-order valence-electron chi connectivity index (χ3n) is 8.19. The van der Waals surface area contributed by atoms with Gasteiger partial charge in [-0.2, -0.15) is 4.80 Å². The molecule has 13 nitrogen and oxygen atoms in total. The van der Waals surface area contributed by atoms with Crippen molar-refractivity contribution in [2.75, 3.05) is 6.54 Å². The molecular weight excluding hydrogens is 573 g/mol. The number of carbonyl (C=O) groups is 4. The normalized spacial score (nSPS) is 28.5. The first-order valence-corrected chi connectivity index (χ1v) is 14.9. The Bertz CT molecular complexity index is 1440. The Labute approximate surface area is 254 Å². The van der Waals surface area contributed by atoms with Gasteiger partial charge in [-0.1, -0.05) is 25.0 Å². The van der Waals surface area contributed by atoms with Gasteiger partial charge < -0.3 is 25.4 Å².